The van der Waals surface area contributed by atoms with E-state index in [9.17, 15) is 4.79 Å². The summed E-state index contributed by atoms with van der Waals surface area (Å²) in [5.74, 6) is 1.13. The molecule has 0 radical (unpaired) electrons. The first-order chi connectivity index (χ1) is 11.5. The van der Waals surface area contributed by atoms with E-state index in [1.165, 1.54) is 0 Å². The van der Waals surface area contributed by atoms with Gasteiger partial charge in [0.2, 0.25) is 5.91 Å². The Morgan fingerprint density at radius 1 is 1.21 bits per heavy atom. The van der Waals surface area contributed by atoms with Crippen molar-refractivity contribution < 1.29 is 9.53 Å². The third-order valence-electron chi connectivity index (χ3n) is 3.41. The minimum atomic E-state index is -0.131. The molecule has 0 aliphatic carbocycles. The Balaban J connectivity index is 1.89. The highest BCUT2D eigenvalue weighted by atomic mass is 35.5. The Hall–Kier alpha value is -2.20. The van der Waals surface area contributed by atoms with Gasteiger partial charge >= 0.3 is 0 Å². The Bertz CT molecular complexity index is 702. The van der Waals surface area contributed by atoms with Crippen LogP contribution < -0.4 is 15.4 Å². The fourth-order valence-electron chi connectivity index (χ4n) is 2.08. The molecule has 0 unspecified atom stereocenters. The number of nitrogens with one attached hydrogen (secondary N) is 2. The number of hydrogen-bond acceptors (Lipinski definition) is 3. The van der Waals surface area contributed by atoms with Crippen molar-refractivity contribution in [2.75, 3.05) is 23.8 Å². The lowest BCUT2D eigenvalue weighted by atomic mass is 10.2. The van der Waals surface area contributed by atoms with Gasteiger partial charge in [-0.25, -0.2) is 0 Å². The standard InChI is InChI=1S/C19H23ClN2O2/c1-13(2)12-24-16-7-4-6-15(10-16)21-11-19(23)22-18-9-5-8-17(20)14(18)3/h4-10,13,21H,11-12H2,1-3H3,(H,22,23). The van der Waals surface area contributed by atoms with Crippen LogP contribution in [0, 0.1) is 12.8 Å². The quantitative estimate of drug-likeness (QED) is 0.761. The van der Waals surface area contributed by atoms with E-state index in [2.05, 4.69) is 24.5 Å². The van der Waals surface area contributed by atoms with Crippen molar-refractivity contribution in [3.8, 4) is 5.75 Å². The van der Waals surface area contributed by atoms with Crippen LogP contribution in [0.2, 0.25) is 5.02 Å². The van der Waals surface area contributed by atoms with E-state index in [4.69, 9.17) is 16.3 Å². The number of halogens is 1. The highest BCUT2D eigenvalue weighted by Gasteiger charge is 2.07. The third kappa shape index (κ3) is 5.46. The molecule has 2 N–H and O–H groups in total. The van der Waals surface area contributed by atoms with Crippen LogP contribution in [-0.2, 0) is 4.79 Å². The number of rotatable bonds is 7. The van der Waals surface area contributed by atoms with E-state index < -0.39 is 0 Å². The molecule has 0 spiro atoms. The summed E-state index contributed by atoms with van der Waals surface area (Å²) in [5, 5.41) is 6.60. The van der Waals surface area contributed by atoms with Crippen molar-refractivity contribution in [3.05, 3.63) is 53.1 Å². The second-order valence-corrected chi connectivity index (χ2v) is 6.45. The van der Waals surface area contributed by atoms with Crippen LogP contribution in [-0.4, -0.2) is 19.1 Å². The van der Waals surface area contributed by atoms with Gasteiger partial charge in [-0.1, -0.05) is 37.6 Å². The highest BCUT2D eigenvalue weighted by Crippen LogP contribution is 2.23. The maximum Gasteiger partial charge on any atom is 0.243 e. The van der Waals surface area contributed by atoms with Crippen molar-refractivity contribution in [1.29, 1.82) is 0 Å². The highest BCUT2D eigenvalue weighted by molar-refractivity contribution is 6.31. The van der Waals surface area contributed by atoms with E-state index >= 15 is 0 Å². The summed E-state index contributed by atoms with van der Waals surface area (Å²) in [6.07, 6.45) is 0. The molecule has 0 aromatic heterocycles. The molecule has 24 heavy (non-hydrogen) atoms. The van der Waals surface area contributed by atoms with E-state index in [-0.39, 0.29) is 12.5 Å². The number of hydrogen-bond donors (Lipinski definition) is 2. The van der Waals surface area contributed by atoms with E-state index in [1.54, 1.807) is 6.07 Å². The number of ether oxygens (including phenoxy) is 1. The van der Waals surface area contributed by atoms with Crippen LogP contribution in [0.4, 0.5) is 11.4 Å². The van der Waals surface area contributed by atoms with Gasteiger partial charge < -0.3 is 15.4 Å². The zero-order valence-corrected chi connectivity index (χ0v) is 15.0. The van der Waals surface area contributed by atoms with Gasteiger partial charge in [-0.3, -0.25) is 4.79 Å². The molecule has 2 rings (SSSR count). The molecule has 128 valence electrons. The van der Waals surface area contributed by atoms with Crippen LogP contribution in [0.25, 0.3) is 0 Å². The van der Waals surface area contributed by atoms with Crippen molar-refractivity contribution in [1.82, 2.24) is 0 Å². The molecule has 0 saturated heterocycles. The molecule has 2 aromatic carbocycles. The van der Waals surface area contributed by atoms with Gasteiger partial charge in [0, 0.05) is 22.5 Å². The maximum absolute atomic E-state index is 12.1. The molecule has 0 fully saturated rings. The molecule has 5 heteroatoms. The Morgan fingerprint density at radius 2 is 1.96 bits per heavy atom. The Morgan fingerprint density at radius 3 is 2.71 bits per heavy atom. The van der Waals surface area contributed by atoms with E-state index in [0.29, 0.717) is 17.5 Å². The summed E-state index contributed by atoms with van der Waals surface area (Å²) in [6.45, 7) is 6.91. The Labute approximate surface area is 148 Å². The number of anilines is 2. The van der Waals surface area contributed by atoms with Gasteiger partial charge in [0.1, 0.15) is 5.75 Å². The molecule has 0 bridgehead atoms. The number of benzene rings is 2. The number of carbonyl (C=O) groups is 1. The lowest BCUT2D eigenvalue weighted by molar-refractivity contribution is -0.114. The lowest BCUT2D eigenvalue weighted by Gasteiger charge is -2.12. The maximum atomic E-state index is 12.1. The molecule has 0 heterocycles. The first kappa shape index (κ1) is 18.1. The fourth-order valence-corrected chi connectivity index (χ4v) is 2.25. The molecular formula is C19H23ClN2O2. The summed E-state index contributed by atoms with van der Waals surface area (Å²) in [6, 6.07) is 13.0. The zero-order valence-electron chi connectivity index (χ0n) is 14.2. The fraction of sp³-hybridized carbons (Fsp3) is 0.316. The summed E-state index contributed by atoms with van der Waals surface area (Å²) >= 11 is 6.06. The van der Waals surface area contributed by atoms with Crippen molar-refractivity contribution in [2.45, 2.75) is 20.8 Å². The molecule has 0 aliphatic heterocycles. The van der Waals surface area contributed by atoms with Gasteiger partial charge in [-0.2, -0.15) is 0 Å². The summed E-state index contributed by atoms with van der Waals surface area (Å²) in [7, 11) is 0. The van der Waals surface area contributed by atoms with Gasteiger partial charge in [0.25, 0.3) is 0 Å². The summed E-state index contributed by atoms with van der Waals surface area (Å²) in [5.41, 5.74) is 2.43. The first-order valence-corrected chi connectivity index (χ1v) is 8.35. The van der Waals surface area contributed by atoms with Gasteiger partial charge in [-0.05, 0) is 42.7 Å². The minimum Gasteiger partial charge on any atom is -0.493 e. The topological polar surface area (TPSA) is 50.4 Å². The molecular weight excluding hydrogens is 324 g/mol. The molecule has 0 saturated carbocycles. The number of carbonyl (C=O) groups excluding carboxylic acids is 1. The van der Waals surface area contributed by atoms with Gasteiger partial charge in [0.15, 0.2) is 0 Å². The van der Waals surface area contributed by atoms with Crippen molar-refractivity contribution >= 4 is 28.9 Å². The van der Waals surface area contributed by atoms with Gasteiger partial charge in [0.05, 0.1) is 13.2 Å². The third-order valence-corrected chi connectivity index (χ3v) is 3.82. The molecule has 0 atom stereocenters. The van der Waals surface area contributed by atoms with E-state index in [1.807, 2.05) is 43.3 Å². The minimum absolute atomic E-state index is 0.131. The average molecular weight is 347 g/mol. The van der Waals surface area contributed by atoms with E-state index in [0.717, 1.165) is 22.7 Å². The average Bonchev–Trinajstić information content (AvgIpc) is 2.56. The monoisotopic (exact) mass is 346 g/mol. The van der Waals surface area contributed by atoms with Crippen LogP contribution >= 0.6 is 11.6 Å². The summed E-state index contributed by atoms with van der Waals surface area (Å²) < 4.78 is 5.68. The predicted molar refractivity (Wildman–Crippen MR) is 100 cm³/mol. The SMILES string of the molecule is Cc1c(Cl)cccc1NC(=O)CNc1cccc(OCC(C)C)c1. The number of amides is 1. The molecule has 4 nitrogen and oxygen atoms in total. The van der Waals surface area contributed by atoms with Crippen molar-refractivity contribution in [2.24, 2.45) is 5.92 Å². The van der Waals surface area contributed by atoms with Crippen LogP contribution in [0.1, 0.15) is 19.4 Å². The second kappa shape index (κ2) is 8.60. The van der Waals surface area contributed by atoms with Crippen LogP contribution in [0.3, 0.4) is 0 Å². The lowest BCUT2D eigenvalue weighted by Crippen LogP contribution is -2.22. The largest absolute Gasteiger partial charge is 0.493 e. The van der Waals surface area contributed by atoms with Gasteiger partial charge in [-0.15, -0.1) is 0 Å². The summed E-state index contributed by atoms with van der Waals surface area (Å²) in [4.78, 5) is 12.1. The second-order valence-electron chi connectivity index (χ2n) is 6.05. The Kier molecular flexibility index (Phi) is 6.50. The smallest absolute Gasteiger partial charge is 0.243 e. The zero-order chi connectivity index (χ0) is 17.5. The van der Waals surface area contributed by atoms with Crippen LogP contribution in [0.5, 0.6) is 5.75 Å². The first-order valence-electron chi connectivity index (χ1n) is 7.97. The molecule has 1 amide bonds. The van der Waals surface area contributed by atoms with Crippen LogP contribution in [0.15, 0.2) is 42.5 Å². The van der Waals surface area contributed by atoms with Crippen molar-refractivity contribution in [3.63, 3.8) is 0 Å². The molecule has 2 aromatic rings. The molecule has 0 aliphatic rings. The predicted octanol–water partition coefficient (Wildman–Crippen LogP) is 4.73. The normalized spacial score (nSPS) is 10.5.